The molecule has 0 radical (unpaired) electrons. The molecule has 12 aromatic rings. The normalized spacial score (nSPS) is 11.8. The van der Waals surface area contributed by atoms with Gasteiger partial charge in [0, 0.05) is 55.6 Å². The summed E-state index contributed by atoms with van der Waals surface area (Å²) in [4.78, 5) is 11.4. The molecule has 2 aliphatic rings. The Kier molecular flexibility index (Phi) is 8.62. The molecule has 0 fully saturated rings. The maximum Gasteiger partial charge on any atom is 0.0794 e. The Labute approximate surface area is 395 Å². The minimum atomic E-state index is 0.976. The zero-order valence-electron chi connectivity index (χ0n) is 37.0. The van der Waals surface area contributed by atoms with Crippen LogP contribution in [-0.2, 0) is 0 Å². The minimum Gasteiger partial charge on any atom is -0.246 e. The van der Waals surface area contributed by atoms with Crippen molar-refractivity contribution in [3.8, 4) is 123 Å². The van der Waals surface area contributed by atoms with Crippen LogP contribution in [0.1, 0.15) is 0 Å². The minimum absolute atomic E-state index is 0.976. The van der Waals surface area contributed by atoms with Crippen LogP contribution < -0.4 is 0 Å². The predicted octanol–water partition coefficient (Wildman–Crippen LogP) is 17.7. The summed E-state index contributed by atoms with van der Waals surface area (Å²) in [7, 11) is 0. The van der Waals surface area contributed by atoms with Crippen LogP contribution in [0.5, 0.6) is 0 Å². The Bertz CT molecular complexity index is 3680. The lowest BCUT2D eigenvalue weighted by molar-refractivity contribution is 1.33. The van der Waals surface area contributed by atoms with E-state index in [-0.39, 0.29) is 0 Å². The molecule has 14 rings (SSSR count). The second-order valence-electron chi connectivity index (χ2n) is 17.9. The van der Waals surface area contributed by atoms with Gasteiger partial charge in [0.05, 0.1) is 22.8 Å². The lowest BCUT2D eigenvalue weighted by atomic mass is 9.87. The van der Waals surface area contributed by atoms with E-state index in [1.54, 1.807) is 0 Å². The average Bonchev–Trinajstić information content (AvgIpc) is 3.94. The highest BCUT2D eigenvalue weighted by atomic mass is 14.7. The van der Waals surface area contributed by atoms with Gasteiger partial charge in [-0.3, -0.25) is 0 Å². The van der Waals surface area contributed by atoms with Gasteiger partial charge in [0.25, 0.3) is 0 Å². The summed E-state index contributed by atoms with van der Waals surface area (Å²) in [5.41, 5.74) is 25.1. The molecule has 0 N–H and O–H groups in total. The van der Waals surface area contributed by atoms with Crippen molar-refractivity contribution in [2.75, 3.05) is 0 Å². The van der Waals surface area contributed by atoms with Crippen LogP contribution in [0.3, 0.4) is 0 Å². The van der Waals surface area contributed by atoms with Crippen molar-refractivity contribution >= 4 is 21.5 Å². The Balaban J connectivity index is 0.920. The van der Waals surface area contributed by atoms with Gasteiger partial charge in [-0.2, -0.15) is 0 Å². The van der Waals surface area contributed by atoms with Gasteiger partial charge in [0.15, 0.2) is 0 Å². The summed E-state index contributed by atoms with van der Waals surface area (Å²) in [6, 6.07) is 87.8. The predicted molar refractivity (Wildman–Crippen MR) is 284 cm³/mol. The van der Waals surface area contributed by atoms with Crippen molar-refractivity contribution in [3.63, 3.8) is 0 Å². The number of pyridine rings is 2. The second kappa shape index (κ2) is 15.3. The molecule has 314 valence electrons. The Morgan fingerprint density at radius 1 is 0.176 bits per heavy atom. The van der Waals surface area contributed by atoms with E-state index in [4.69, 9.17) is 9.97 Å². The number of aromatic nitrogens is 2. The first-order valence-corrected chi connectivity index (χ1v) is 23.4. The molecule has 0 atom stereocenters. The van der Waals surface area contributed by atoms with Gasteiger partial charge in [0.2, 0.25) is 0 Å². The molecule has 0 saturated heterocycles. The number of benzene rings is 10. The molecular weight excluding hydrogens is 821 g/mol. The molecule has 0 unspecified atom stereocenters. The largest absolute Gasteiger partial charge is 0.246 e. The van der Waals surface area contributed by atoms with Gasteiger partial charge in [-0.1, -0.05) is 243 Å². The fraction of sp³-hybridized carbons (Fsp3) is 0. The van der Waals surface area contributed by atoms with Gasteiger partial charge in [-0.05, 0) is 66.1 Å². The first-order valence-electron chi connectivity index (χ1n) is 23.4. The van der Waals surface area contributed by atoms with Crippen LogP contribution in [0.4, 0.5) is 0 Å². The third-order valence-corrected chi connectivity index (χ3v) is 14.2. The van der Waals surface area contributed by atoms with Crippen molar-refractivity contribution < 1.29 is 0 Å². The fourth-order valence-electron chi connectivity index (χ4n) is 11.2. The summed E-state index contributed by atoms with van der Waals surface area (Å²) < 4.78 is 0. The average molecular weight is 861 g/mol. The first-order chi connectivity index (χ1) is 33.8. The van der Waals surface area contributed by atoms with Crippen molar-refractivity contribution in [1.82, 2.24) is 9.97 Å². The number of nitrogens with zero attached hydrogens (tertiary/aromatic N) is 2. The maximum absolute atomic E-state index is 5.68. The molecule has 10 aromatic carbocycles. The van der Waals surface area contributed by atoms with E-state index in [1.807, 2.05) is 0 Å². The zero-order chi connectivity index (χ0) is 44.7. The van der Waals surface area contributed by atoms with E-state index in [0.29, 0.717) is 0 Å². The van der Waals surface area contributed by atoms with Gasteiger partial charge >= 0.3 is 0 Å². The highest BCUT2D eigenvalue weighted by molar-refractivity contribution is 6.23. The summed E-state index contributed by atoms with van der Waals surface area (Å²) in [6.45, 7) is 0. The van der Waals surface area contributed by atoms with Crippen LogP contribution >= 0.6 is 0 Å². The highest BCUT2D eigenvalue weighted by Gasteiger charge is 2.33. The molecule has 2 nitrogen and oxygen atoms in total. The summed E-state index contributed by atoms with van der Waals surface area (Å²) >= 11 is 0. The molecule has 0 saturated carbocycles. The van der Waals surface area contributed by atoms with Crippen molar-refractivity contribution in [2.45, 2.75) is 0 Å². The van der Waals surface area contributed by atoms with E-state index in [0.717, 1.165) is 78.4 Å². The van der Waals surface area contributed by atoms with Crippen LogP contribution in [0.2, 0.25) is 0 Å². The lowest BCUT2D eigenvalue weighted by Crippen LogP contribution is -1.99. The van der Waals surface area contributed by atoms with Gasteiger partial charge in [-0.25, -0.2) is 9.97 Å². The van der Waals surface area contributed by atoms with Gasteiger partial charge < -0.3 is 0 Å². The Hall–Kier alpha value is -8.98. The van der Waals surface area contributed by atoms with E-state index >= 15 is 0 Å². The molecule has 0 spiro atoms. The number of rotatable bonds is 7. The molecule has 2 heteroatoms. The quantitative estimate of drug-likeness (QED) is 0.160. The van der Waals surface area contributed by atoms with E-state index in [1.165, 1.54) is 66.1 Å². The van der Waals surface area contributed by atoms with E-state index in [2.05, 4.69) is 243 Å². The van der Waals surface area contributed by atoms with Crippen LogP contribution in [0, 0.1) is 0 Å². The second-order valence-corrected chi connectivity index (χ2v) is 17.9. The van der Waals surface area contributed by atoms with E-state index in [9.17, 15) is 0 Å². The molecule has 2 aromatic heterocycles. The molecular formula is C66H40N2. The van der Waals surface area contributed by atoms with Crippen LogP contribution in [0.25, 0.3) is 144 Å². The summed E-state index contributed by atoms with van der Waals surface area (Å²) in [5.74, 6) is 0. The number of hydrogen-bond donors (Lipinski definition) is 0. The molecule has 0 bridgehead atoms. The molecule has 2 heterocycles. The zero-order valence-corrected chi connectivity index (χ0v) is 37.0. The monoisotopic (exact) mass is 860 g/mol. The third kappa shape index (κ3) is 5.84. The molecule has 0 amide bonds. The highest BCUT2D eigenvalue weighted by Crippen LogP contribution is 2.58. The number of fused-ring (bicyclic) bond motifs is 6. The summed E-state index contributed by atoms with van der Waals surface area (Å²) in [6.07, 6.45) is 0. The topological polar surface area (TPSA) is 25.8 Å². The maximum atomic E-state index is 5.68. The molecule has 2 aliphatic carbocycles. The first kappa shape index (κ1) is 38.3. The van der Waals surface area contributed by atoms with Crippen molar-refractivity contribution in [2.24, 2.45) is 0 Å². The third-order valence-electron chi connectivity index (χ3n) is 14.2. The summed E-state index contributed by atoms with van der Waals surface area (Å²) in [5, 5.41) is 5.08. The van der Waals surface area contributed by atoms with Crippen LogP contribution in [0.15, 0.2) is 243 Å². The Morgan fingerprint density at radius 3 is 0.779 bits per heavy atom. The van der Waals surface area contributed by atoms with E-state index < -0.39 is 0 Å². The van der Waals surface area contributed by atoms with Gasteiger partial charge in [0.1, 0.15) is 0 Å². The van der Waals surface area contributed by atoms with Crippen LogP contribution in [-0.4, -0.2) is 9.97 Å². The fourth-order valence-corrected chi connectivity index (χ4v) is 11.2. The lowest BCUT2D eigenvalue weighted by Gasteiger charge is -2.20. The molecule has 68 heavy (non-hydrogen) atoms. The molecule has 0 aliphatic heterocycles. The Morgan fingerprint density at radius 2 is 0.441 bits per heavy atom. The van der Waals surface area contributed by atoms with Crippen molar-refractivity contribution in [1.29, 1.82) is 0 Å². The van der Waals surface area contributed by atoms with Gasteiger partial charge in [-0.15, -0.1) is 0 Å². The van der Waals surface area contributed by atoms with Crippen molar-refractivity contribution in [3.05, 3.63) is 243 Å². The standard InChI is InChI=1S/C66H40N2/c1-5-17-45(18-6-1)57-59-51-29-13-25-43-27-15-31-53(55(43)51)61(59)65(47-21-9-3-10-22-47)67-63(57)49-37-33-41(34-38-49)42-35-39-50(40-36-42)64-58(46-19-7-2-8-20-46)60-52-30-14-26-44-28-16-32-54(56(44)52)62(60)66(68-64)48-23-11-4-12-24-48/h1-40H. The smallest absolute Gasteiger partial charge is 0.0794 e. The SMILES string of the molecule is c1ccc(-c2nc(-c3ccc(-c4ccc(-c5nc(-c6ccccc6)c6c(c5-c5ccccc5)-c5cccc7cccc-6c57)cc4)cc3)c(-c3ccccc3)c3c2-c2cccc4cccc-3c24)cc1. The number of hydrogen-bond acceptors (Lipinski definition) is 2.